The Kier molecular flexibility index (Phi) is 9.32. The average Bonchev–Trinajstić information content (AvgIpc) is 3.87. The summed E-state index contributed by atoms with van der Waals surface area (Å²) in [5, 5.41) is 40.6. The maximum absolute atomic E-state index is 13.5. The number of aromatic nitrogens is 8. The smallest absolute Gasteiger partial charge is 0.289 e. The Morgan fingerprint density at radius 1 is 0.918 bits per heavy atom. The molecule has 1 amide bonds. The quantitative estimate of drug-likeness (QED) is 0.152. The summed E-state index contributed by atoms with van der Waals surface area (Å²) in [5.41, 5.74) is 3.90. The standard InChI is InChI=1S/C35H36N10O4/c1-2-45-42-31(41-43-45)29-27(46)28(47)35(49-29)44-21-38-26-30(37-20-25(23-14-8-4-9-15-23)24-16-10-5-11-17-24)39-32(40-33(26)44)34(48)36-19-18-22-12-6-3-7-13-22/h3-17,21,25,27-29,35,46-47H,2,18-20H2,1H3,(H,36,48)(H,37,39,40)/t27-,28-,29-,35+/m0/s1. The number of nitrogens with one attached hydrogen (secondary N) is 2. The number of carbonyl (C=O) groups excluding carboxylic acids is 1. The van der Waals surface area contributed by atoms with E-state index >= 15 is 0 Å². The summed E-state index contributed by atoms with van der Waals surface area (Å²) < 4.78 is 7.61. The molecule has 14 nitrogen and oxygen atoms in total. The second-order valence-electron chi connectivity index (χ2n) is 11.7. The molecule has 14 heteroatoms. The van der Waals surface area contributed by atoms with Crippen LogP contribution in [0, 0.1) is 0 Å². The van der Waals surface area contributed by atoms with Gasteiger partial charge in [-0.25, -0.2) is 15.0 Å². The molecule has 4 heterocycles. The number of hydrogen-bond acceptors (Lipinski definition) is 11. The molecule has 0 unspecified atom stereocenters. The number of fused-ring (bicyclic) bond motifs is 1. The van der Waals surface area contributed by atoms with E-state index in [1.807, 2.05) is 73.7 Å². The van der Waals surface area contributed by atoms with Gasteiger partial charge in [0.2, 0.25) is 11.6 Å². The van der Waals surface area contributed by atoms with Crippen LogP contribution in [0.2, 0.25) is 0 Å². The van der Waals surface area contributed by atoms with Crippen molar-refractivity contribution in [1.82, 2.24) is 45.0 Å². The molecule has 1 saturated heterocycles. The van der Waals surface area contributed by atoms with Crippen LogP contribution in [0.4, 0.5) is 5.82 Å². The van der Waals surface area contributed by atoms with Gasteiger partial charge >= 0.3 is 0 Å². The van der Waals surface area contributed by atoms with Gasteiger partial charge in [-0.15, -0.1) is 10.2 Å². The molecule has 0 radical (unpaired) electrons. The number of amides is 1. The lowest BCUT2D eigenvalue weighted by atomic mass is 9.91. The lowest BCUT2D eigenvalue weighted by Gasteiger charge is -2.20. The molecule has 49 heavy (non-hydrogen) atoms. The van der Waals surface area contributed by atoms with Gasteiger partial charge in [0, 0.05) is 19.0 Å². The first-order valence-corrected chi connectivity index (χ1v) is 16.2. The van der Waals surface area contributed by atoms with Crippen molar-refractivity contribution < 1.29 is 19.7 Å². The SMILES string of the molecule is CCn1nnc([C@H]2O[C@@H](n3cnc4c(NCC(c5ccccc5)c5ccccc5)nc(C(=O)NCCc5ccccc5)nc43)[C@@H](O)[C@@H]2O)n1. The number of tetrazole rings is 1. The van der Waals surface area contributed by atoms with Gasteiger partial charge in [0.05, 0.1) is 12.9 Å². The number of imidazole rings is 1. The number of benzene rings is 3. The Hall–Kier alpha value is -5.57. The minimum atomic E-state index is -1.38. The van der Waals surface area contributed by atoms with Gasteiger partial charge in [0.25, 0.3) is 5.91 Å². The first kappa shape index (κ1) is 32.0. The van der Waals surface area contributed by atoms with Gasteiger partial charge in [0.1, 0.15) is 12.2 Å². The fourth-order valence-electron chi connectivity index (χ4n) is 5.98. The Morgan fingerprint density at radius 2 is 1.59 bits per heavy atom. The number of aliphatic hydroxyl groups excluding tert-OH is 2. The van der Waals surface area contributed by atoms with Crippen molar-refractivity contribution in [1.29, 1.82) is 0 Å². The molecule has 6 aromatic rings. The predicted molar refractivity (Wildman–Crippen MR) is 179 cm³/mol. The molecule has 4 atom stereocenters. The van der Waals surface area contributed by atoms with Crippen molar-refractivity contribution in [3.8, 4) is 0 Å². The van der Waals surface area contributed by atoms with Crippen molar-refractivity contribution in [2.45, 2.75) is 50.3 Å². The molecule has 0 bridgehead atoms. The fraction of sp³-hybridized carbons (Fsp3) is 0.286. The minimum Gasteiger partial charge on any atom is -0.387 e. The van der Waals surface area contributed by atoms with E-state index in [2.05, 4.69) is 65.3 Å². The van der Waals surface area contributed by atoms with Crippen LogP contribution < -0.4 is 10.6 Å². The first-order chi connectivity index (χ1) is 24.0. The summed E-state index contributed by atoms with van der Waals surface area (Å²) in [6.45, 7) is 3.14. The molecule has 3 aromatic heterocycles. The summed E-state index contributed by atoms with van der Waals surface area (Å²) >= 11 is 0. The highest BCUT2D eigenvalue weighted by Gasteiger charge is 2.47. The highest BCUT2D eigenvalue weighted by Crippen LogP contribution is 2.39. The summed E-state index contributed by atoms with van der Waals surface area (Å²) in [6.07, 6.45) is -2.81. The Balaban J connectivity index is 1.22. The van der Waals surface area contributed by atoms with Crippen LogP contribution in [0.1, 0.15) is 58.3 Å². The van der Waals surface area contributed by atoms with E-state index in [1.165, 1.54) is 15.7 Å². The highest BCUT2D eigenvalue weighted by molar-refractivity contribution is 5.94. The maximum Gasteiger partial charge on any atom is 0.289 e. The molecule has 0 saturated carbocycles. The third kappa shape index (κ3) is 6.74. The molecule has 250 valence electrons. The fourth-order valence-corrected chi connectivity index (χ4v) is 5.98. The molecule has 0 aliphatic carbocycles. The van der Waals surface area contributed by atoms with Crippen LogP contribution in [0.3, 0.4) is 0 Å². The van der Waals surface area contributed by atoms with E-state index in [0.29, 0.717) is 37.4 Å². The number of carbonyl (C=O) groups is 1. The van der Waals surface area contributed by atoms with E-state index < -0.39 is 30.4 Å². The van der Waals surface area contributed by atoms with Crippen molar-refractivity contribution in [2.24, 2.45) is 0 Å². The minimum absolute atomic E-state index is 0.0439. The van der Waals surface area contributed by atoms with Crippen LogP contribution in [0.25, 0.3) is 11.2 Å². The lowest BCUT2D eigenvalue weighted by molar-refractivity contribution is -0.0384. The van der Waals surface area contributed by atoms with Gasteiger partial charge in [-0.1, -0.05) is 91.0 Å². The van der Waals surface area contributed by atoms with E-state index in [4.69, 9.17) is 4.74 Å². The zero-order valence-electron chi connectivity index (χ0n) is 26.7. The van der Waals surface area contributed by atoms with E-state index in [1.54, 1.807) is 0 Å². The number of anilines is 1. The van der Waals surface area contributed by atoms with Crippen LogP contribution in [0.15, 0.2) is 97.3 Å². The van der Waals surface area contributed by atoms with Crippen LogP contribution in [0.5, 0.6) is 0 Å². The molecule has 0 spiro atoms. The molecule has 1 fully saturated rings. The number of ether oxygens (including phenoxy) is 1. The van der Waals surface area contributed by atoms with E-state index in [-0.39, 0.29) is 23.2 Å². The zero-order valence-corrected chi connectivity index (χ0v) is 26.7. The van der Waals surface area contributed by atoms with Crippen molar-refractivity contribution >= 4 is 22.9 Å². The average molecular weight is 661 g/mol. The van der Waals surface area contributed by atoms with Gasteiger partial charge in [-0.2, -0.15) is 4.80 Å². The third-order valence-corrected chi connectivity index (χ3v) is 8.56. The van der Waals surface area contributed by atoms with E-state index in [0.717, 1.165) is 16.7 Å². The summed E-state index contributed by atoms with van der Waals surface area (Å²) in [6, 6.07) is 30.1. The Bertz CT molecular complexity index is 1970. The first-order valence-electron chi connectivity index (χ1n) is 16.2. The second kappa shape index (κ2) is 14.3. The van der Waals surface area contributed by atoms with E-state index in [9.17, 15) is 15.0 Å². The van der Waals surface area contributed by atoms with Crippen molar-refractivity contribution in [3.63, 3.8) is 0 Å². The molecule has 4 N–H and O–H groups in total. The van der Waals surface area contributed by atoms with Crippen LogP contribution >= 0.6 is 0 Å². The molecular weight excluding hydrogens is 624 g/mol. The number of rotatable bonds is 12. The monoisotopic (exact) mass is 660 g/mol. The van der Waals surface area contributed by atoms with Crippen molar-refractivity contribution in [3.05, 3.63) is 126 Å². The topological polar surface area (TPSA) is 178 Å². The summed E-state index contributed by atoms with van der Waals surface area (Å²) in [5.74, 6) is -0.118. The van der Waals surface area contributed by atoms with Crippen LogP contribution in [-0.4, -0.2) is 81.1 Å². The molecular formula is C35H36N10O4. The molecule has 1 aliphatic rings. The van der Waals surface area contributed by atoms with Gasteiger partial charge in [-0.05, 0) is 35.2 Å². The van der Waals surface area contributed by atoms with Crippen LogP contribution in [-0.2, 0) is 17.7 Å². The normalized spacial score (nSPS) is 19.0. The van der Waals surface area contributed by atoms with Crippen molar-refractivity contribution in [2.75, 3.05) is 18.4 Å². The molecule has 7 rings (SSSR count). The van der Waals surface area contributed by atoms with Gasteiger partial charge in [0.15, 0.2) is 29.3 Å². The number of hydrogen-bond donors (Lipinski definition) is 4. The maximum atomic E-state index is 13.5. The number of aryl methyl sites for hydroxylation is 1. The predicted octanol–water partition coefficient (Wildman–Crippen LogP) is 3.04. The lowest BCUT2D eigenvalue weighted by Crippen LogP contribution is -2.30. The molecule has 1 aliphatic heterocycles. The molecule has 3 aromatic carbocycles. The Morgan fingerprint density at radius 3 is 2.24 bits per heavy atom. The zero-order chi connectivity index (χ0) is 33.7. The highest BCUT2D eigenvalue weighted by atomic mass is 16.6. The largest absolute Gasteiger partial charge is 0.387 e. The number of nitrogens with zero attached hydrogens (tertiary/aromatic N) is 8. The third-order valence-electron chi connectivity index (χ3n) is 8.56. The van der Waals surface area contributed by atoms with Gasteiger partial charge in [-0.3, -0.25) is 9.36 Å². The second-order valence-corrected chi connectivity index (χ2v) is 11.7. The summed E-state index contributed by atoms with van der Waals surface area (Å²) in [7, 11) is 0. The summed E-state index contributed by atoms with van der Waals surface area (Å²) in [4.78, 5) is 28.7. The Labute approximate surface area is 281 Å². The number of aliphatic hydroxyl groups is 2. The van der Waals surface area contributed by atoms with Gasteiger partial charge < -0.3 is 25.6 Å².